The number of aromatic nitrogens is 3. The normalized spacial score (nSPS) is 12.3. The van der Waals surface area contributed by atoms with Crippen molar-refractivity contribution in [2.45, 2.75) is 21.6 Å². The Bertz CT molecular complexity index is 2870. The van der Waals surface area contributed by atoms with Crippen molar-refractivity contribution < 1.29 is 65.7 Å². The summed E-state index contributed by atoms with van der Waals surface area (Å²) >= 11 is -2.10. The Hall–Kier alpha value is -6.38. The van der Waals surface area contributed by atoms with Crippen molar-refractivity contribution in [3.8, 4) is 0 Å². The van der Waals surface area contributed by atoms with Gasteiger partial charge in [-0.15, -0.1) is 0 Å². The molecule has 1 aromatic heterocycles. The number of nitro groups is 2. The maximum absolute atomic E-state index is 14.6. The molecule has 0 aliphatic heterocycles. The molecule has 0 amide bonds. The van der Waals surface area contributed by atoms with E-state index in [4.69, 9.17) is 8.74 Å². The van der Waals surface area contributed by atoms with Crippen molar-refractivity contribution in [2.24, 2.45) is 0 Å². The second kappa shape index (κ2) is 17.9. The van der Waals surface area contributed by atoms with Crippen LogP contribution in [0.3, 0.4) is 0 Å². The van der Waals surface area contributed by atoms with E-state index >= 15 is 0 Å². The summed E-state index contributed by atoms with van der Waals surface area (Å²) in [6, 6.07) is 12.9. The second-order valence-electron chi connectivity index (χ2n) is 11.6. The highest BCUT2D eigenvalue weighted by atomic mass is 32.3. The van der Waals surface area contributed by atoms with Gasteiger partial charge in [-0.05, 0) is 73.2 Å². The van der Waals surface area contributed by atoms with Crippen LogP contribution in [0.2, 0.25) is 0 Å². The molecule has 0 aliphatic carbocycles. The van der Waals surface area contributed by atoms with Crippen molar-refractivity contribution in [1.29, 1.82) is 0 Å². The molecule has 5 aromatic rings. The zero-order valence-corrected chi connectivity index (χ0v) is 33.0. The van der Waals surface area contributed by atoms with Crippen LogP contribution in [0, 0.1) is 33.0 Å². The number of hydrogen-bond donors (Lipinski definition) is 7. The molecule has 0 bridgehead atoms. The molecule has 0 spiro atoms. The van der Waals surface area contributed by atoms with Gasteiger partial charge in [0, 0.05) is 23.1 Å². The molecule has 1 atom stereocenters. The Kier molecular flexibility index (Phi) is 13.3. The lowest BCUT2D eigenvalue weighted by molar-refractivity contribution is -0.395. The molecular formula is C30H26FN9O16S4. The first-order valence-corrected chi connectivity index (χ1v) is 21.2. The summed E-state index contributed by atoms with van der Waals surface area (Å²) in [5, 5.41) is 33.7. The lowest BCUT2D eigenvalue weighted by atomic mass is 10.2. The van der Waals surface area contributed by atoms with Crippen molar-refractivity contribution >= 4 is 99.4 Å². The average Bonchev–Trinajstić information content (AvgIpc) is 3.12. The Morgan fingerprint density at radius 1 is 0.667 bits per heavy atom. The van der Waals surface area contributed by atoms with Crippen molar-refractivity contribution in [1.82, 2.24) is 15.0 Å². The number of hydrogen-bond acceptors (Lipinski definition) is 20. The maximum Gasteiger partial charge on any atom is 0.397 e. The number of nitrogens with one attached hydrogen (secondary N) is 4. The van der Waals surface area contributed by atoms with Crippen LogP contribution in [0.4, 0.5) is 62.0 Å². The van der Waals surface area contributed by atoms with E-state index in [1.54, 1.807) is 0 Å². The molecule has 4 aromatic carbocycles. The number of rotatable bonds is 18. The quantitative estimate of drug-likeness (QED) is 0.0276. The average molecular weight is 916 g/mol. The van der Waals surface area contributed by atoms with Crippen molar-refractivity contribution in [3.05, 3.63) is 104 Å². The minimum atomic E-state index is -5.07. The SMILES string of the molecule is Cc1cc(Nc2nc(Nc3ccc(S(=O)OCCOS(=O)(=O)O)cc3)nc(Nc3ccc(S(=O)(=O)O)c(Nc4cc(F)c([N+](=O)[O-])cc4[N+](=O)[O-])c3)n2)ccc1S(=O)(=O)O. The smallest absolute Gasteiger partial charge is 0.349 e. The molecule has 1 unspecified atom stereocenters. The van der Waals surface area contributed by atoms with Crippen molar-refractivity contribution in [2.75, 3.05) is 34.5 Å². The van der Waals surface area contributed by atoms with Gasteiger partial charge in [0.1, 0.15) is 10.6 Å². The Labute approximate surface area is 339 Å². The third-order valence-corrected chi connectivity index (χ3v) is 10.8. The van der Waals surface area contributed by atoms with Crippen LogP contribution < -0.4 is 21.3 Å². The molecule has 1 heterocycles. The third-order valence-electron chi connectivity index (χ3n) is 7.39. The molecule has 5 rings (SSSR count). The molecular weight excluding hydrogens is 890 g/mol. The summed E-state index contributed by atoms with van der Waals surface area (Å²) in [4.78, 5) is 32.3. The van der Waals surface area contributed by atoms with E-state index in [-0.39, 0.29) is 50.3 Å². The number of aryl methyl sites for hydroxylation is 1. The summed E-state index contributed by atoms with van der Waals surface area (Å²) in [7, 11) is -14.4. The zero-order valence-electron chi connectivity index (χ0n) is 29.7. The van der Waals surface area contributed by atoms with E-state index in [1.807, 2.05) is 0 Å². The lowest BCUT2D eigenvalue weighted by Gasteiger charge is -2.15. The van der Waals surface area contributed by atoms with Gasteiger partial charge in [-0.3, -0.25) is 38.1 Å². The van der Waals surface area contributed by atoms with Crippen LogP contribution in [-0.2, 0) is 50.1 Å². The fourth-order valence-electron chi connectivity index (χ4n) is 4.93. The van der Waals surface area contributed by atoms with Gasteiger partial charge in [-0.1, -0.05) is 0 Å². The Morgan fingerprint density at radius 3 is 1.67 bits per heavy atom. The van der Waals surface area contributed by atoms with Gasteiger partial charge >= 0.3 is 16.1 Å². The molecule has 0 fully saturated rings. The van der Waals surface area contributed by atoms with Gasteiger partial charge in [0.05, 0.1) is 44.6 Å². The molecule has 60 heavy (non-hydrogen) atoms. The summed E-state index contributed by atoms with van der Waals surface area (Å²) in [5.41, 5.74) is -3.01. The summed E-state index contributed by atoms with van der Waals surface area (Å²) < 4.78 is 133. The molecule has 0 radical (unpaired) electrons. The number of nitro benzene ring substituents is 2. The first-order valence-electron chi connectivity index (χ1n) is 15.9. The van der Waals surface area contributed by atoms with E-state index in [0.717, 1.165) is 24.3 Å². The summed E-state index contributed by atoms with van der Waals surface area (Å²) in [6.45, 7) is 0.316. The Balaban J connectivity index is 1.49. The van der Waals surface area contributed by atoms with Crippen LogP contribution >= 0.6 is 0 Å². The third kappa shape index (κ3) is 11.9. The molecule has 25 nitrogen and oxygen atoms in total. The topological polar surface area (TPSA) is 372 Å². The number of halogens is 1. The van der Waals surface area contributed by atoms with Gasteiger partial charge < -0.3 is 21.3 Å². The van der Waals surface area contributed by atoms with Crippen molar-refractivity contribution in [3.63, 3.8) is 0 Å². The molecule has 0 aliphatic rings. The van der Waals surface area contributed by atoms with E-state index in [9.17, 15) is 63.2 Å². The predicted octanol–water partition coefficient (Wildman–Crippen LogP) is 4.46. The summed E-state index contributed by atoms with van der Waals surface area (Å²) in [5.74, 6) is -2.21. The number of benzene rings is 4. The second-order valence-corrected chi connectivity index (χ2v) is 16.7. The van der Waals surface area contributed by atoms with Gasteiger partial charge in [-0.2, -0.15) is 44.6 Å². The van der Waals surface area contributed by atoms with Crippen LogP contribution in [0.1, 0.15) is 5.56 Å². The molecule has 7 N–H and O–H groups in total. The number of nitrogens with zero attached hydrogens (tertiary/aromatic N) is 5. The highest BCUT2D eigenvalue weighted by Gasteiger charge is 2.27. The fourth-order valence-corrected chi connectivity index (χ4v) is 7.26. The maximum atomic E-state index is 14.6. The van der Waals surface area contributed by atoms with Crippen LogP contribution in [0.25, 0.3) is 0 Å². The molecule has 0 saturated heterocycles. The van der Waals surface area contributed by atoms with Gasteiger partial charge in [0.2, 0.25) is 23.7 Å². The first-order chi connectivity index (χ1) is 28.0. The molecule has 318 valence electrons. The van der Waals surface area contributed by atoms with Gasteiger partial charge in [0.15, 0.2) is 11.1 Å². The predicted molar refractivity (Wildman–Crippen MR) is 206 cm³/mol. The van der Waals surface area contributed by atoms with E-state index in [1.165, 1.54) is 43.3 Å². The highest BCUT2D eigenvalue weighted by molar-refractivity contribution is 7.86. The van der Waals surface area contributed by atoms with E-state index in [2.05, 4.69) is 40.4 Å². The first kappa shape index (κ1) is 44.7. The Morgan fingerprint density at radius 2 is 1.17 bits per heavy atom. The monoisotopic (exact) mass is 915 g/mol. The standard InChI is InChI=1S/C30H26FN9O16S4/c1-16-12-18(4-8-26(16)58(46,47)48)33-29-36-28(32-17-2-6-20(7-3-17)57(45)55-10-11-56-60(52,53)54)37-30(38-29)34-19-5-9-27(59(49,50)51)23(13-19)35-22-14-21(31)24(39(41)42)15-25(22)40(43)44/h2-9,12-15,35H,10-11H2,1H3,(H,46,47,48)(H,49,50,51)(H,52,53,54)(H3,32,33,34,36,37,38). The largest absolute Gasteiger partial charge is 0.397 e. The fraction of sp³-hybridized carbons (Fsp3) is 0.100. The van der Waals surface area contributed by atoms with Gasteiger partial charge in [0.25, 0.3) is 25.9 Å². The minimum Gasteiger partial charge on any atom is -0.349 e. The van der Waals surface area contributed by atoms with Crippen LogP contribution in [0.5, 0.6) is 0 Å². The van der Waals surface area contributed by atoms with Crippen LogP contribution in [0.15, 0.2) is 87.5 Å². The zero-order chi connectivity index (χ0) is 44.2. The summed E-state index contributed by atoms with van der Waals surface area (Å²) in [6.07, 6.45) is 0. The number of anilines is 8. The highest BCUT2D eigenvalue weighted by Crippen LogP contribution is 2.37. The van der Waals surface area contributed by atoms with E-state index in [0.29, 0.717) is 12.1 Å². The molecule has 0 saturated carbocycles. The van der Waals surface area contributed by atoms with Gasteiger partial charge in [-0.25, -0.2) is 8.39 Å². The molecule has 30 heteroatoms. The minimum absolute atomic E-state index is 0.0693. The van der Waals surface area contributed by atoms with E-state index < -0.39 is 98.2 Å². The van der Waals surface area contributed by atoms with Crippen LogP contribution in [-0.4, -0.2) is 81.1 Å². The lowest BCUT2D eigenvalue weighted by Crippen LogP contribution is -2.11.